The van der Waals surface area contributed by atoms with Gasteiger partial charge in [0.1, 0.15) is 5.54 Å². The van der Waals surface area contributed by atoms with Gasteiger partial charge in [0, 0.05) is 43.3 Å². The number of primary amides is 1. The minimum atomic E-state index is -2.88. The number of alkyl halides is 4. The van der Waals surface area contributed by atoms with Crippen molar-refractivity contribution < 1.29 is 22.4 Å². The molecule has 2 fully saturated rings. The largest absolute Gasteiger partial charge is 0.368 e. The Bertz CT molecular complexity index is 474. The van der Waals surface area contributed by atoms with E-state index in [4.69, 9.17) is 5.73 Å². The zero-order valence-corrected chi connectivity index (χ0v) is 14.4. The molecule has 4 nitrogen and oxygen atoms in total. The number of nitrogens with two attached hydrogens (primary N) is 1. The number of hydrogen-bond donors (Lipinski definition) is 3. The van der Waals surface area contributed by atoms with Crippen LogP contribution in [0.5, 0.6) is 0 Å². The predicted octanol–water partition coefficient (Wildman–Crippen LogP) is 2.56. The fourth-order valence-corrected chi connectivity index (χ4v) is 4.12. The van der Waals surface area contributed by atoms with Crippen molar-refractivity contribution in [1.29, 1.82) is 0 Å². The first kappa shape index (κ1) is 19.4. The minimum absolute atomic E-state index is 0.0756. The topological polar surface area (TPSA) is 67.2 Å². The first-order valence-electron chi connectivity index (χ1n) is 8.40. The highest BCUT2D eigenvalue weighted by molar-refractivity contribution is 5.86. The summed E-state index contributed by atoms with van der Waals surface area (Å²) in [6.45, 7) is 5.57. The van der Waals surface area contributed by atoms with Crippen LogP contribution in [-0.2, 0) is 4.79 Å². The number of carbonyl (C=O) groups excluding carboxylic acids is 1. The fourth-order valence-electron chi connectivity index (χ4n) is 4.12. The van der Waals surface area contributed by atoms with Crippen molar-refractivity contribution in [3.05, 3.63) is 0 Å². The molecule has 0 saturated heterocycles. The maximum Gasteiger partial charge on any atom is 0.252 e. The summed E-state index contributed by atoms with van der Waals surface area (Å²) in [7, 11) is 0. The van der Waals surface area contributed by atoms with E-state index in [2.05, 4.69) is 10.6 Å². The molecule has 8 heteroatoms. The minimum Gasteiger partial charge on any atom is -0.368 e. The van der Waals surface area contributed by atoms with Gasteiger partial charge in [0.15, 0.2) is 0 Å². The van der Waals surface area contributed by atoms with E-state index in [1.807, 2.05) is 13.8 Å². The molecule has 0 aliphatic heterocycles. The first-order valence-corrected chi connectivity index (χ1v) is 8.40. The van der Waals surface area contributed by atoms with Crippen molar-refractivity contribution >= 4 is 5.91 Å². The van der Waals surface area contributed by atoms with E-state index in [9.17, 15) is 22.4 Å². The van der Waals surface area contributed by atoms with Crippen LogP contribution >= 0.6 is 0 Å². The van der Waals surface area contributed by atoms with Crippen molar-refractivity contribution in [1.82, 2.24) is 10.6 Å². The Morgan fingerprint density at radius 3 is 1.88 bits per heavy atom. The normalized spacial score (nSPS) is 27.2. The smallest absolute Gasteiger partial charge is 0.252 e. The zero-order chi connectivity index (χ0) is 18.4. The van der Waals surface area contributed by atoms with Gasteiger partial charge in [0.2, 0.25) is 5.91 Å². The molecule has 1 atom stereocenters. The maximum absolute atomic E-state index is 13.3. The number of rotatable bonds is 8. The van der Waals surface area contributed by atoms with Gasteiger partial charge in [0.25, 0.3) is 11.8 Å². The van der Waals surface area contributed by atoms with Gasteiger partial charge in [-0.25, -0.2) is 17.6 Å². The molecule has 2 rings (SSSR count). The van der Waals surface area contributed by atoms with Crippen LogP contribution in [0.25, 0.3) is 0 Å². The fraction of sp³-hybridized carbons (Fsp3) is 0.938. The van der Waals surface area contributed by atoms with Gasteiger partial charge in [-0.05, 0) is 19.8 Å². The van der Waals surface area contributed by atoms with E-state index in [-0.39, 0.29) is 24.9 Å². The van der Waals surface area contributed by atoms with Crippen LogP contribution in [0.4, 0.5) is 17.6 Å². The highest BCUT2D eigenvalue weighted by Gasteiger charge is 2.61. The Labute approximate surface area is 139 Å². The van der Waals surface area contributed by atoms with Crippen LogP contribution in [0, 0.1) is 0 Å². The van der Waals surface area contributed by atoms with Crippen molar-refractivity contribution in [2.75, 3.05) is 0 Å². The summed E-state index contributed by atoms with van der Waals surface area (Å²) >= 11 is 0. The summed E-state index contributed by atoms with van der Waals surface area (Å²) < 4.78 is 53.0. The summed E-state index contributed by atoms with van der Waals surface area (Å²) in [6.07, 6.45) is -0.662. The molecule has 2 saturated carbocycles. The quantitative estimate of drug-likeness (QED) is 0.588. The van der Waals surface area contributed by atoms with Crippen LogP contribution in [-0.4, -0.2) is 40.9 Å². The van der Waals surface area contributed by atoms with E-state index in [0.29, 0.717) is 12.8 Å². The molecule has 4 N–H and O–H groups in total. The van der Waals surface area contributed by atoms with E-state index in [1.165, 1.54) is 0 Å². The molecule has 0 bridgehead atoms. The van der Waals surface area contributed by atoms with Gasteiger partial charge in [-0.3, -0.25) is 4.79 Å². The molecule has 0 aromatic heterocycles. The summed E-state index contributed by atoms with van der Waals surface area (Å²) in [4.78, 5) is 11.5. The molecular weight excluding hydrogens is 326 g/mol. The second kappa shape index (κ2) is 6.12. The molecule has 2 aliphatic rings. The SMILES string of the molecule is CC(C)NC1(CCC(C)NC2(C(N)=O)CC(F)(F)C2)CC(F)(F)C1. The van der Waals surface area contributed by atoms with Crippen LogP contribution in [0.2, 0.25) is 0 Å². The average molecular weight is 353 g/mol. The number of carbonyl (C=O) groups is 1. The van der Waals surface area contributed by atoms with Crippen molar-refractivity contribution in [3.63, 3.8) is 0 Å². The monoisotopic (exact) mass is 353 g/mol. The Morgan fingerprint density at radius 2 is 1.50 bits per heavy atom. The molecule has 0 aromatic rings. The third-order valence-electron chi connectivity index (χ3n) is 4.96. The van der Waals surface area contributed by atoms with Crippen molar-refractivity contribution in [3.8, 4) is 0 Å². The average Bonchev–Trinajstić information content (AvgIpc) is 2.30. The second-order valence-electron chi connectivity index (χ2n) is 8.03. The Balaban J connectivity index is 1.90. The van der Waals surface area contributed by atoms with Gasteiger partial charge in [-0.1, -0.05) is 13.8 Å². The standard InChI is InChI=1S/C16H27F4N3O/c1-10(2)22-13(6-15(17,18)7-13)5-4-11(3)23-14(12(21)24)8-16(19,20)9-14/h10-11,22-23H,4-9H2,1-3H3,(H2,21,24). The molecule has 0 heterocycles. The first-order chi connectivity index (χ1) is 10.8. The summed E-state index contributed by atoms with van der Waals surface area (Å²) in [5.74, 6) is -6.31. The molecule has 1 unspecified atom stereocenters. The maximum atomic E-state index is 13.3. The lowest BCUT2D eigenvalue weighted by molar-refractivity contribution is -0.161. The summed E-state index contributed by atoms with van der Waals surface area (Å²) in [5, 5.41) is 6.12. The Morgan fingerprint density at radius 1 is 1.00 bits per heavy atom. The van der Waals surface area contributed by atoms with Gasteiger partial charge in [-0.15, -0.1) is 0 Å². The van der Waals surface area contributed by atoms with Gasteiger partial charge in [-0.2, -0.15) is 0 Å². The van der Waals surface area contributed by atoms with Crippen LogP contribution in [0.3, 0.4) is 0 Å². The van der Waals surface area contributed by atoms with E-state index < -0.39 is 41.7 Å². The lowest BCUT2D eigenvalue weighted by atomic mass is 9.69. The molecule has 0 radical (unpaired) electrons. The number of hydrogen-bond acceptors (Lipinski definition) is 3. The zero-order valence-electron chi connectivity index (χ0n) is 14.4. The molecular formula is C16H27F4N3O. The van der Waals surface area contributed by atoms with Gasteiger partial charge in [0.05, 0.1) is 0 Å². The summed E-state index contributed by atoms with van der Waals surface area (Å²) in [5.41, 5.74) is 3.26. The van der Waals surface area contributed by atoms with Gasteiger partial charge >= 0.3 is 0 Å². The number of nitrogens with one attached hydrogen (secondary N) is 2. The third kappa shape index (κ3) is 4.20. The Hall–Kier alpha value is -0.890. The molecule has 24 heavy (non-hydrogen) atoms. The number of amides is 1. The van der Waals surface area contributed by atoms with E-state index >= 15 is 0 Å². The van der Waals surface area contributed by atoms with Crippen molar-refractivity contribution in [2.45, 2.75) is 94.3 Å². The van der Waals surface area contributed by atoms with Gasteiger partial charge < -0.3 is 16.4 Å². The highest BCUT2D eigenvalue weighted by atomic mass is 19.3. The lowest BCUT2D eigenvalue weighted by Crippen LogP contribution is -2.69. The third-order valence-corrected chi connectivity index (χ3v) is 4.96. The lowest BCUT2D eigenvalue weighted by Gasteiger charge is -2.50. The molecule has 2 aliphatic carbocycles. The molecule has 0 spiro atoms. The van der Waals surface area contributed by atoms with Crippen LogP contribution in [0.1, 0.15) is 59.3 Å². The summed E-state index contributed by atoms with van der Waals surface area (Å²) in [6, 6.07) is -0.194. The number of halogens is 4. The highest BCUT2D eigenvalue weighted by Crippen LogP contribution is 2.49. The van der Waals surface area contributed by atoms with Crippen LogP contribution < -0.4 is 16.4 Å². The molecule has 1 amide bonds. The van der Waals surface area contributed by atoms with E-state index in [1.54, 1.807) is 6.92 Å². The Kier molecular flexibility index (Phi) is 4.96. The second-order valence-corrected chi connectivity index (χ2v) is 8.03. The van der Waals surface area contributed by atoms with E-state index in [0.717, 1.165) is 0 Å². The van der Waals surface area contributed by atoms with Crippen LogP contribution in [0.15, 0.2) is 0 Å². The molecule has 140 valence electrons. The predicted molar refractivity (Wildman–Crippen MR) is 83.1 cm³/mol. The molecule has 0 aromatic carbocycles. The van der Waals surface area contributed by atoms with Crippen molar-refractivity contribution in [2.24, 2.45) is 5.73 Å².